The molecule has 1 aromatic rings. The van der Waals surface area contributed by atoms with Crippen LogP contribution in [0.1, 0.15) is 18.4 Å². The van der Waals surface area contributed by atoms with Crippen molar-refractivity contribution in [3.8, 4) is 0 Å². The summed E-state index contributed by atoms with van der Waals surface area (Å²) in [6.45, 7) is 2.17. The molecule has 1 aliphatic heterocycles. The smallest absolute Gasteiger partial charge is 0.147 e. The fraction of sp³-hybridized carbons (Fsp3) is 0.615. The molecule has 1 saturated heterocycles. The monoisotopic (exact) mass is 269 g/mol. The largest absolute Gasteiger partial charge is 0.392 e. The summed E-state index contributed by atoms with van der Waals surface area (Å²) in [5, 5.41) is 9.66. The quantitative estimate of drug-likeness (QED) is 0.908. The van der Waals surface area contributed by atoms with E-state index in [9.17, 15) is 0 Å². The number of piperidine rings is 1. The highest BCUT2D eigenvalue weighted by atomic mass is 35.5. The molecule has 100 valence electrons. The Balaban J connectivity index is 2.15. The number of likely N-dealkylation sites (N-methyl/N-ethyl adjacent to an activating group) is 2. The van der Waals surface area contributed by atoms with Crippen LogP contribution in [-0.4, -0.2) is 48.2 Å². The Bertz CT molecular complexity index is 413. The minimum absolute atomic E-state index is 0.0249. The third-order valence-corrected chi connectivity index (χ3v) is 3.82. The Morgan fingerprint density at radius 1 is 1.61 bits per heavy atom. The number of aliphatic hydroxyl groups is 1. The molecule has 1 atom stereocenters. The lowest BCUT2D eigenvalue weighted by atomic mass is 10.1. The zero-order chi connectivity index (χ0) is 13.1. The number of aromatic nitrogens is 1. The molecule has 2 heterocycles. The molecule has 2 rings (SSSR count). The van der Waals surface area contributed by atoms with Crippen molar-refractivity contribution in [1.82, 2.24) is 9.88 Å². The highest BCUT2D eigenvalue weighted by Gasteiger charge is 2.23. The predicted molar refractivity (Wildman–Crippen MR) is 74.1 cm³/mol. The van der Waals surface area contributed by atoms with Gasteiger partial charge in [0.1, 0.15) is 5.82 Å². The molecule has 1 fully saturated rings. The normalized spacial score (nSPS) is 21.0. The van der Waals surface area contributed by atoms with Crippen LogP contribution in [0.5, 0.6) is 0 Å². The summed E-state index contributed by atoms with van der Waals surface area (Å²) in [7, 11) is 4.18. The van der Waals surface area contributed by atoms with Gasteiger partial charge in [-0.3, -0.25) is 0 Å². The second kappa shape index (κ2) is 5.87. The van der Waals surface area contributed by atoms with Crippen LogP contribution in [0.15, 0.2) is 12.3 Å². The van der Waals surface area contributed by atoms with Crippen LogP contribution in [0, 0.1) is 0 Å². The molecule has 0 aromatic carbocycles. The average molecular weight is 270 g/mol. The van der Waals surface area contributed by atoms with Crippen LogP contribution < -0.4 is 4.90 Å². The van der Waals surface area contributed by atoms with Gasteiger partial charge in [-0.05, 0) is 38.1 Å². The molecule has 0 spiro atoms. The van der Waals surface area contributed by atoms with Crippen molar-refractivity contribution < 1.29 is 5.11 Å². The molecule has 1 N–H and O–H groups in total. The van der Waals surface area contributed by atoms with Gasteiger partial charge in [-0.25, -0.2) is 4.98 Å². The van der Waals surface area contributed by atoms with Gasteiger partial charge >= 0.3 is 0 Å². The van der Waals surface area contributed by atoms with Gasteiger partial charge < -0.3 is 14.9 Å². The SMILES string of the molecule is CN1CCCC(N(C)c2ncc(CO)cc2Cl)C1. The van der Waals surface area contributed by atoms with Crippen LogP contribution in [0.4, 0.5) is 5.82 Å². The van der Waals surface area contributed by atoms with E-state index in [1.165, 1.54) is 12.8 Å². The molecule has 1 unspecified atom stereocenters. The lowest BCUT2D eigenvalue weighted by molar-refractivity contribution is 0.247. The van der Waals surface area contributed by atoms with Crippen molar-refractivity contribution in [1.29, 1.82) is 0 Å². The number of pyridine rings is 1. The van der Waals surface area contributed by atoms with Crippen LogP contribution in [0.3, 0.4) is 0 Å². The van der Waals surface area contributed by atoms with E-state index in [4.69, 9.17) is 16.7 Å². The number of rotatable bonds is 3. The van der Waals surface area contributed by atoms with Gasteiger partial charge in [0.15, 0.2) is 0 Å². The van der Waals surface area contributed by atoms with Crippen molar-refractivity contribution in [2.45, 2.75) is 25.5 Å². The Kier molecular flexibility index (Phi) is 4.43. The molecular formula is C13H20ClN3O. The highest BCUT2D eigenvalue weighted by molar-refractivity contribution is 6.33. The number of anilines is 1. The van der Waals surface area contributed by atoms with Gasteiger partial charge in [-0.15, -0.1) is 0 Å². The number of hydrogen-bond acceptors (Lipinski definition) is 4. The summed E-state index contributed by atoms with van der Waals surface area (Å²) in [6.07, 6.45) is 4.06. The maximum absolute atomic E-state index is 9.06. The van der Waals surface area contributed by atoms with Gasteiger partial charge in [0, 0.05) is 25.8 Å². The Morgan fingerprint density at radius 2 is 2.39 bits per heavy atom. The third kappa shape index (κ3) is 2.94. The van der Waals surface area contributed by atoms with Gasteiger partial charge in [0.2, 0.25) is 0 Å². The van der Waals surface area contributed by atoms with Gasteiger partial charge in [0.25, 0.3) is 0 Å². The van der Waals surface area contributed by atoms with Crippen molar-refractivity contribution in [3.63, 3.8) is 0 Å². The molecule has 0 aliphatic carbocycles. The van der Waals surface area contributed by atoms with Gasteiger partial charge in [-0.2, -0.15) is 0 Å². The molecule has 18 heavy (non-hydrogen) atoms. The van der Waals surface area contributed by atoms with E-state index in [0.29, 0.717) is 11.1 Å². The van der Waals surface area contributed by atoms with Crippen molar-refractivity contribution in [3.05, 3.63) is 22.8 Å². The van der Waals surface area contributed by atoms with Crippen LogP contribution in [0.25, 0.3) is 0 Å². The van der Waals surface area contributed by atoms with E-state index < -0.39 is 0 Å². The number of hydrogen-bond donors (Lipinski definition) is 1. The fourth-order valence-electron chi connectivity index (χ4n) is 2.44. The van der Waals surface area contributed by atoms with Crippen LogP contribution >= 0.6 is 11.6 Å². The fourth-order valence-corrected chi connectivity index (χ4v) is 2.77. The maximum atomic E-state index is 9.06. The molecule has 5 heteroatoms. The summed E-state index contributed by atoms with van der Waals surface area (Å²) in [4.78, 5) is 8.85. The van der Waals surface area contributed by atoms with E-state index in [-0.39, 0.29) is 6.61 Å². The Labute approximate surface area is 113 Å². The minimum atomic E-state index is -0.0249. The van der Waals surface area contributed by atoms with E-state index >= 15 is 0 Å². The zero-order valence-electron chi connectivity index (χ0n) is 10.9. The first-order valence-corrected chi connectivity index (χ1v) is 6.66. The van der Waals surface area contributed by atoms with E-state index in [2.05, 4.69) is 21.8 Å². The molecule has 0 amide bonds. The molecular weight excluding hydrogens is 250 g/mol. The molecule has 4 nitrogen and oxygen atoms in total. The third-order valence-electron chi connectivity index (χ3n) is 3.54. The highest BCUT2D eigenvalue weighted by Crippen LogP contribution is 2.27. The Morgan fingerprint density at radius 3 is 3.00 bits per heavy atom. The van der Waals surface area contributed by atoms with E-state index in [1.54, 1.807) is 12.3 Å². The number of likely N-dealkylation sites (tertiary alicyclic amines) is 1. The van der Waals surface area contributed by atoms with Crippen LogP contribution in [-0.2, 0) is 6.61 Å². The average Bonchev–Trinajstić information content (AvgIpc) is 2.37. The standard InChI is InChI=1S/C13H20ClN3O/c1-16-5-3-4-11(8-16)17(2)13-12(14)6-10(9-18)7-15-13/h6-7,11,18H,3-5,8-9H2,1-2H3. The summed E-state index contributed by atoms with van der Waals surface area (Å²) in [6, 6.07) is 2.24. The van der Waals surface area contributed by atoms with Gasteiger partial charge in [0.05, 0.1) is 11.6 Å². The van der Waals surface area contributed by atoms with Crippen molar-refractivity contribution in [2.75, 3.05) is 32.1 Å². The lowest BCUT2D eigenvalue weighted by Crippen LogP contribution is -2.45. The van der Waals surface area contributed by atoms with E-state index in [0.717, 1.165) is 24.5 Å². The first-order chi connectivity index (χ1) is 8.61. The van der Waals surface area contributed by atoms with Crippen LogP contribution in [0.2, 0.25) is 5.02 Å². The summed E-state index contributed by atoms with van der Waals surface area (Å²) >= 11 is 6.23. The lowest BCUT2D eigenvalue weighted by Gasteiger charge is -2.36. The summed E-state index contributed by atoms with van der Waals surface area (Å²) in [5.74, 6) is 0.800. The zero-order valence-corrected chi connectivity index (χ0v) is 11.7. The van der Waals surface area contributed by atoms with Crippen molar-refractivity contribution in [2.24, 2.45) is 0 Å². The molecule has 1 aliphatic rings. The second-order valence-corrected chi connectivity index (χ2v) is 5.38. The first-order valence-electron chi connectivity index (χ1n) is 6.28. The Hall–Kier alpha value is -0.840. The number of nitrogens with zero attached hydrogens (tertiary/aromatic N) is 3. The predicted octanol–water partition coefficient (Wildman–Crippen LogP) is 1.76. The summed E-state index contributed by atoms with van der Waals surface area (Å²) in [5.41, 5.74) is 0.748. The minimum Gasteiger partial charge on any atom is -0.392 e. The topological polar surface area (TPSA) is 39.6 Å². The maximum Gasteiger partial charge on any atom is 0.147 e. The summed E-state index contributed by atoms with van der Waals surface area (Å²) < 4.78 is 0. The molecule has 0 radical (unpaired) electrons. The van der Waals surface area contributed by atoms with Gasteiger partial charge in [-0.1, -0.05) is 11.6 Å². The second-order valence-electron chi connectivity index (χ2n) is 4.98. The number of aliphatic hydroxyl groups excluding tert-OH is 1. The number of halogens is 1. The first kappa shape index (κ1) is 13.6. The molecule has 1 aromatic heterocycles. The molecule has 0 saturated carbocycles. The van der Waals surface area contributed by atoms with Crippen molar-refractivity contribution >= 4 is 17.4 Å². The van der Waals surface area contributed by atoms with E-state index in [1.807, 2.05) is 7.05 Å². The molecule has 0 bridgehead atoms.